The molecule has 2 unspecified atom stereocenters. The summed E-state index contributed by atoms with van der Waals surface area (Å²) in [7, 11) is 3.25. The summed E-state index contributed by atoms with van der Waals surface area (Å²) in [5, 5.41) is 10.0. The van der Waals surface area contributed by atoms with Gasteiger partial charge >= 0.3 is 5.97 Å². The average Bonchev–Trinajstić information content (AvgIpc) is 2.89. The second-order valence-corrected chi connectivity index (χ2v) is 8.41. The number of hydrogen-bond acceptors (Lipinski definition) is 5. The van der Waals surface area contributed by atoms with Gasteiger partial charge in [0.2, 0.25) is 0 Å². The molecule has 4 rings (SSSR count). The van der Waals surface area contributed by atoms with Crippen LogP contribution in [0.15, 0.2) is 72.8 Å². The summed E-state index contributed by atoms with van der Waals surface area (Å²) in [5.74, 6) is 1.29. The first-order chi connectivity index (χ1) is 16.6. The van der Waals surface area contributed by atoms with Crippen LogP contribution < -0.4 is 14.2 Å². The lowest BCUT2D eigenvalue weighted by Crippen LogP contribution is -2.47. The van der Waals surface area contributed by atoms with Gasteiger partial charge in [-0.25, -0.2) is 0 Å². The van der Waals surface area contributed by atoms with Crippen molar-refractivity contribution in [1.82, 2.24) is 4.90 Å². The van der Waals surface area contributed by atoms with Crippen LogP contribution in [-0.4, -0.2) is 42.8 Å². The molecule has 3 aromatic carbocycles. The van der Waals surface area contributed by atoms with Crippen molar-refractivity contribution < 1.29 is 24.1 Å². The van der Waals surface area contributed by atoms with E-state index >= 15 is 0 Å². The monoisotopic (exact) mass is 461 g/mol. The van der Waals surface area contributed by atoms with Crippen molar-refractivity contribution in [3.05, 3.63) is 89.5 Å². The van der Waals surface area contributed by atoms with E-state index in [1.807, 2.05) is 72.8 Å². The van der Waals surface area contributed by atoms with Gasteiger partial charge in [-0.3, -0.25) is 9.69 Å². The fourth-order valence-corrected chi connectivity index (χ4v) is 4.69. The van der Waals surface area contributed by atoms with Crippen molar-refractivity contribution in [3.63, 3.8) is 0 Å². The highest BCUT2D eigenvalue weighted by Gasteiger charge is 2.37. The summed E-state index contributed by atoms with van der Waals surface area (Å²) in [6.45, 7) is 1.16. The summed E-state index contributed by atoms with van der Waals surface area (Å²) in [6.07, 6.45) is 2.45. The molecule has 6 heteroatoms. The van der Waals surface area contributed by atoms with Crippen molar-refractivity contribution in [2.24, 2.45) is 0 Å². The first-order valence-corrected chi connectivity index (χ1v) is 11.6. The van der Waals surface area contributed by atoms with Gasteiger partial charge in [0.15, 0.2) is 0 Å². The molecule has 0 saturated carbocycles. The van der Waals surface area contributed by atoms with Crippen LogP contribution in [0.25, 0.3) is 0 Å². The van der Waals surface area contributed by atoms with Crippen LogP contribution in [0, 0.1) is 0 Å². The van der Waals surface area contributed by atoms with Crippen molar-refractivity contribution >= 4 is 5.97 Å². The molecule has 0 aromatic heterocycles. The largest absolute Gasteiger partial charge is 0.496 e. The standard InChI is InChI=1S/C28H31NO5/c1-32-24-12-8-13-25(33-2)26(24)27(29-18-7-6-11-23(29)28(30)31)21-14-16-22(17-15-21)34-19-20-9-4-3-5-10-20/h3-5,8-10,12-17,23,27H,6-7,11,18-19H2,1-2H3,(H,30,31). The third kappa shape index (κ3) is 5.18. The van der Waals surface area contributed by atoms with E-state index in [4.69, 9.17) is 14.2 Å². The maximum absolute atomic E-state index is 12.2. The molecule has 2 atom stereocenters. The lowest BCUT2D eigenvalue weighted by molar-refractivity contribution is -0.145. The molecule has 34 heavy (non-hydrogen) atoms. The highest BCUT2D eigenvalue weighted by atomic mass is 16.5. The van der Waals surface area contributed by atoms with Crippen LogP contribution in [0.1, 0.15) is 42.0 Å². The van der Waals surface area contributed by atoms with Gasteiger partial charge in [-0.15, -0.1) is 0 Å². The predicted molar refractivity (Wildman–Crippen MR) is 131 cm³/mol. The predicted octanol–water partition coefficient (Wildman–Crippen LogP) is 5.31. The molecule has 3 aromatic rings. The fraction of sp³-hybridized carbons (Fsp3) is 0.321. The molecule has 6 nitrogen and oxygen atoms in total. The van der Waals surface area contributed by atoms with Crippen molar-refractivity contribution in [2.75, 3.05) is 20.8 Å². The number of nitrogens with zero attached hydrogens (tertiary/aromatic N) is 1. The molecule has 1 heterocycles. The Labute approximate surface area is 200 Å². The third-order valence-corrected chi connectivity index (χ3v) is 6.34. The zero-order valence-electron chi connectivity index (χ0n) is 19.6. The number of methoxy groups -OCH3 is 2. The Morgan fingerprint density at radius 2 is 1.62 bits per heavy atom. The molecule has 0 aliphatic carbocycles. The number of hydrogen-bond donors (Lipinski definition) is 1. The Balaban J connectivity index is 1.71. The van der Waals surface area contributed by atoms with Gasteiger partial charge in [-0.05, 0) is 54.8 Å². The van der Waals surface area contributed by atoms with Gasteiger partial charge in [0.25, 0.3) is 0 Å². The lowest BCUT2D eigenvalue weighted by Gasteiger charge is -2.40. The second-order valence-electron chi connectivity index (χ2n) is 8.41. The molecule has 178 valence electrons. The van der Waals surface area contributed by atoms with Crippen LogP contribution in [0.5, 0.6) is 17.2 Å². The smallest absolute Gasteiger partial charge is 0.320 e. The maximum atomic E-state index is 12.2. The topological polar surface area (TPSA) is 68.2 Å². The van der Waals surface area contributed by atoms with E-state index < -0.39 is 12.0 Å². The Morgan fingerprint density at radius 3 is 2.24 bits per heavy atom. The number of piperidine rings is 1. The van der Waals surface area contributed by atoms with Gasteiger partial charge < -0.3 is 19.3 Å². The summed E-state index contributed by atoms with van der Waals surface area (Å²) in [5.41, 5.74) is 2.89. The zero-order valence-corrected chi connectivity index (χ0v) is 19.6. The number of benzene rings is 3. The van der Waals surface area contributed by atoms with Crippen molar-refractivity contribution in [2.45, 2.75) is 38.0 Å². The van der Waals surface area contributed by atoms with E-state index in [1.165, 1.54) is 0 Å². The highest BCUT2D eigenvalue weighted by molar-refractivity contribution is 5.74. The van der Waals surface area contributed by atoms with Crippen LogP contribution in [0.2, 0.25) is 0 Å². The molecule has 0 amide bonds. The van der Waals surface area contributed by atoms with Gasteiger partial charge in [0.1, 0.15) is 29.9 Å². The van der Waals surface area contributed by atoms with E-state index in [-0.39, 0.29) is 6.04 Å². The molecule has 1 N–H and O–H groups in total. The minimum Gasteiger partial charge on any atom is -0.496 e. The van der Waals surface area contributed by atoms with Crippen LogP contribution >= 0.6 is 0 Å². The molecule has 0 spiro atoms. The molecule has 1 fully saturated rings. The number of carboxylic acids is 1. The van der Waals surface area contributed by atoms with E-state index in [0.717, 1.165) is 35.3 Å². The molecular weight excluding hydrogens is 430 g/mol. The number of likely N-dealkylation sites (tertiary alicyclic amines) is 1. The fourth-order valence-electron chi connectivity index (χ4n) is 4.69. The SMILES string of the molecule is COc1cccc(OC)c1C(c1ccc(OCc2ccccc2)cc1)N1CCCCC1C(=O)O. The third-order valence-electron chi connectivity index (χ3n) is 6.34. The number of ether oxygens (including phenoxy) is 3. The van der Waals surface area contributed by atoms with E-state index in [0.29, 0.717) is 31.1 Å². The lowest BCUT2D eigenvalue weighted by atomic mass is 9.90. The molecular formula is C28H31NO5. The Hall–Kier alpha value is -3.51. The maximum Gasteiger partial charge on any atom is 0.320 e. The quantitative estimate of drug-likeness (QED) is 0.466. The first-order valence-electron chi connectivity index (χ1n) is 11.6. The number of carboxylic acid groups (broad SMARTS) is 1. The van der Waals surface area contributed by atoms with Crippen LogP contribution in [0.4, 0.5) is 0 Å². The number of aliphatic carboxylic acids is 1. The average molecular weight is 462 g/mol. The Bertz CT molecular complexity index is 1060. The van der Waals surface area contributed by atoms with E-state index in [2.05, 4.69) is 4.90 Å². The van der Waals surface area contributed by atoms with E-state index in [1.54, 1.807) is 14.2 Å². The van der Waals surface area contributed by atoms with Crippen LogP contribution in [-0.2, 0) is 11.4 Å². The molecule has 1 aliphatic rings. The van der Waals surface area contributed by atoms with Crippen LogP contribution in [0.3, 0.4) is 0 Å². The summed E-state index contributed by atoms with van der Waals surface area (Å²) < 4.78 is 17.4. The molecule has 1 aliphatic heterocycles. The number of carbonyl (C=O) groups is 1. The van der Waals surface area contributed by atoms with Gasteiger partial charge in [0, 0.05) is 0 Å². The number of rotatable bonds is 9. The zero-order chi connectivity index (χ0) is 23.9. The minimum atomic E-state index is -0.804. The summed E-state index contributed by atoms with van der Waals surface area (Å²) in [4.78, 5) is 14.3. The summed E-state index contributed by atoms with van der Waals surface area (Å²) in [6, 6.07) is 22.6. The molecule has 1 saturated heterocycles. The van der Waals surface area contributed by atoms with Crippen molar-refractivity contribution in [1.29, 1.82) is 0 Å². The van der Waals surface area contributed by atoms with E-state index in [9.17, 15) is 9.90 Å². The Kier molecular flexibility index (Phi) is 7.70. The normalized spacial score (nSPS) is 17.1. The van der Waals surface area contributed by atoms with Gasteiger partial charge in [-0.2, -0.15) is 0 Å². The highest BCUT2D eigenvalue weighted by Crippen LogP contribution is 2.43. The Morgan fingerprint density at radius 1 is 0.941 bits per heavy atom. The summed E-state index contributed by atoms with van der Waals surface area (Å²) >= 11 is 0. The molecule has 0 bridgehead atoms. The first kappa shape index (κ1) is 23.6. The van der Waals surface area contributed by atoms with Crippen molar-refractivity contribution in [3.8, 4) is 17.2 Å². The van der Waals surface area contributed by atoms with Gasteiger partial charge in [0.05, 0.1) is 25.8 Å². The second kappa shape index (κ2) is 11.1. The molecule has 0 radical (unpaired) electrons. The van der Waals surface area contributed by atoms with Gasteiger partial charge in [-0.1, -0.05) is 55.0 Å². The minimum absolute atomic E-state index is 0.337.